The summed E-state index contributed by atoms with van der Waals surface area (Å²) in [5.41, 5.74) is -0.664. The number of piperazine rings is 1. The Morgan fingerprint density at radius 3 is 2.33 bits per heavy atom. The summed E-state index contributed by atoms with van der Waals surface area (Å²) in [7, 11) is 1.64. The first-order valence-electron chi connectivity index (χ1n) is 9.15. The van der Waals surface area contributed by atoms with Gasteiger partial charge in [-0.2, -0.15) is 0 Å². The summed E-state index contributed by atoms with van der Waals surface area (Å²) >= 11 is 0. The van der Waals surface area contributed by atoms with E-state index in [0.717, 1.165) is 51.9 Å². The zero-order chi connectivity index (χ0) is 17.2. The van der Waals surface area contributed by atoms with E-state index in [1.807, 2.05) is 11.8 Å². The molecule has 0 radical (unpaired) electrons. The van der Waals surface area contributed by atoms with Crippen LogP contribution in [0.2, 0.25) is 0 Å². The van der Waals surface area contributed by atoms with Crippen molar-refractivity contribution in [2.45, 2.75) is 50.3 Å². The summed E-state index contributed by atoms with van der Waals surface area (Å²) in [5, 5.41) is 6.35. The Kier molecular flexibility index (Phi) is 5.42. The van der Waals surface area contributed by atoms with E-state index in [9.17, 15) is 9.59 Å². The van der Waals surface area contributed by atoms with Crippen molar-refractivity contribution >= 4 is 11.8 Å². The molecule has 24 heavy (non-hydrogen) atoms. The third kappa shape index (κ3) is 3.73. The highest BCUT2D eigenvalue weighted by Crippen LogP contribution is 2.26. The summed E-state index contributed by atoms with van der Waals surface area (Å²) in [6.45, 7) is 6.40. The van der Waals surface area contributed by atoms with Gasteiger partial charge in [0.2, 0.25) is 5.91 Å². The molecule has 0 spiro atoms. The van der Waals surface area contributed by atoms with Crippen LogP contribution in [0.1, 0.15) is 32.6 Å². The molecule has 1 saturated carbocycles. The van der Waals surface area contributed by atoms with Crippen molar-refractivity contribution in [1.82, 2.24) is 20.4 Å². The molecule has 3 aliphatic rings. The van der Waals surface area contributed by atoms with Crippen LogP contribution in [0, 0.1) is 0 Å². The third-order valence-corrected chi connectivity index (χ3v) is 5.64. The van der Waals surface area contributed by atoms with Gasteiger partial charge in [0.15, 0.2) is 0 Å². The van der Waals surface area contributed by atoms with Gasteiger partial charge < -0.3 is 20.3 Å². The highest BCUT2D eigenvalue weighted by atomic mass is 16.5. The van der Waals surface area contributed by atoms with Gasteiger partial charge in [-0.15, -0.1) is 0 Å². The molecular weight excluding hydrogens is 308 g/mol. The second-order valence-corrected chi connectivity index (χ2v) is 7.24. The Morgan fingerprint density at radius 1 is 1.17 bits per heavy atom. The Morgan fingerprint density at radius 2 is 1.79 bits per heavy atom. The number of rotatable bonds is 5. The minimum Gasteiger partial charge on any atom is -0.368 e. The fraction of sp³-hybridized carbons (Fsp3) is 0.882. The molecule has 0 aromatic rings. The number of piperidine rings is 1. The Balaban J connectivity index is 1.52. The summed E-state index contributed by atoms with van der Waals surface area (Å²) < 4.78 is 5.65. The molecular formula is C17H30N4O3. The van der Waals surface area contributed by atoms with E-state index < -0.39 is 5.60 Å². The maximum Gasteiger partial charge on any atom is 0.254 e. The first-order chi connectivity index (χ1) is 11.6. The second-order valence-electron chi connectivity index (χ2n) is 7.24. The van der Waals surface area contributed by atoms with Crippen molar-refractivity contribution in [2.75, 3.05) is 46.4 Å². The molecule has 3 rings (SSSR count). The fourth-order valence-electron chi connectivity index (χ4n) is 3.65. The van der Waals surface area contributed by atoms with Crippen LogP contribution in [0.3, 0.4) is 0 Å². The average Bonchev–Trinajstić information content (AvgIpc) is 3.45. The largest absolute Gasteiger partial charge is 0.368 e. The predicted octanol–water partition coefficient (Wildman–Crippen LogP) is -0.434. The van der Waals surface area contributed by atoms with E-state index in [1.165, 1.54) is 0 Å². The summed E-state index contributed by atoms with van der Waals surface area (Å²) in [4.78, 5) is 29.2. The zero-order valence-electron chi connectivity index (χ0n) is 14.8. The van der Waals surface area contributed by atoms with Crippen LogP contribution in [0.4, 0.5) is 0 Å². The molecule has 1 unspecified atom stereocenters. The maximum atomic E-state index is 12.9. The third-order valence-electron chi connectivity index (χ3n) is 5.64. The van der Waals surface area contributed by atoms with Gasteiger partial charge in [-0.1, -0.05) is 0 Å². The Labute approximate surface area is 144 Å². The molecule has 7 heteroatoms. The smallest absolute Gasteiger partial charge is 0.254 e. The number of carbonyl (C=O) groups excluding carboxylic acids is 2. The standard InChI is InChI=1S/C17H30N4O3/c1-13(15(22)19-14-3-4-14)20-9-11-21(12-10-20)16(23)17(24-2)5-7-18-8-6-17/h13-14,18H,3-12H2,1-2H3,(H,19,22). The van der Waals surface area contributed by atoms with Crippen molar-refractivity contribution < 1.29 is 14.3 Å². The molecule has 136 valence electrons. The highest BCUT2D eigenvalue weighted by Gasteiger charge is 2.43. The number of nitrogens with one attached hydrogen (secondary N) is 2. The number of amides is 2. The van der Waals surface area contributed by atoms with Gasteiger partial charge in [0, 0.05) is 39.3 Å². The van der Waals surface area contributed by atoms with Crippen molar-refractivity contribution in [3.05, 3.63) is 0 Å². The lowest BCUT2D eigenvalue weighted by molar-refractivity contribution is -0.160. The molecule has 2 amide bonds. The van der Waals surface area contributed by atoms with E-state index in [2.05, 4.69) is 15.5 Å². The first-order valence-corrected chi connectivity index (χ1v) is 9.15. The van der Waals surface area contributed by atoms with Gasteiger partial charge in [0.1, 0.15) is 5.60 Å². The number of hydrogen-bond donors (Lipinski definition) is 2. The normalized spacial score (nSPS) is 26.0. The summed E-state index contributed by atoms with van der Waals surface area (Å²) in [5.74, 6) is 0.227. The van der Waals surface area contributed by atoms with Crippen LogP contribution < -0.4 is 10.6 Å². The van der Waals surface area contributed by atoms with E-state index in [1.54, 1.807) is 7.11 Å². The topological polar surface area (TPSA) is 73.9 Å². The number of methoxy groups -OCH3 is 1. The minimum atomic E-state index is -0.664. The van der Waals surface area contributed by atoms with E-state index in [-0.39, 0.29) is 17.9 Å². The van der Waals surface area contributed by atoms with Crippen molar-refractivity contribution in [2.24, 2.45) is 0 Å². The number of hydrogen-bond acceptors (Lipinski definition) is 5. The van der Waals surface area contributed by atoms with Crippen molar-refractivity contribution in [3.8, 4) is 0 Å². The van der Waals surface area contributed by atoms with E-state index in [0.29, 0.717) is 19.1 Å². The lowest BCUT2D eigenvalue weighted by atomic mass is 9.90. The molecule has 0 bridgehead atoms. The van der Waals surface area contributed by atoms with Crippen LogP contribution >= 0.6 is 0 Å². The van der Waals surface area contributed by atoms with Crippen molar-refractivity contribution in [3.63, 3.8) is 0 Å². The fourth-order valence-corrected chi connectivity index (χ4v) is 3.65. The van der Waals surface area contributed by atoms with Gasteiger partial charge in [-0.25, -0.2) is 0 Å². The molecule has 0 aromatic heterocycles. The molecule has 0 aromatic carbocycles. The average molecular weight is 338 g/mol. The zero-order valence-corrected chi connectivity index (χ0v) is 14.8. The Hall–Kier alpha value is -1.18. The molecule has 3 fully saturated rings. The highest BCUT2D eigenvalue weighted by molar-refractivity contribution is 5.86. The van der Waals surface area contributed by atoms with Crippen LogP contribution in [0.25, 0.3) is 0 Å². The molecule has 2 heterocycles. The van der Waals surface area contributed by atoms with Gasteiger partial charge in [0.05, 0.1) is 6.04 Å². The molecule has 2 saturated heterocycles. The lowest BCUT2D eigenvalue weighted by Crippen LogP contribution is -2.61. The quantitative estimate of drug-likeness (QED) is 0.711. The molecule has 7 nitrogen and oxygen atoms in total. The molecule has 1 aliphatic carbocycles. The number of nitrogens with zero attached hydrogens (tertiary/aromatic N) is 2. The van der Waals surface area contributed by atoms with Gasteiger partial charge >= 0.3 is 0 Å². The number of carbonyl (C=O) groups is 2. The summed E-state index contributed by atoms with van der Waals surface area (Å²) in [6.07, 6.45) is 3.66. The number of ether oxygens (including phenoxy) is 1. The predicted molar refractivity (Wildman–Crippen MR) is 90.6 cm³/mol. The molecule has 2 aliphatic heterocycles. The van der Waals surface area contributed by atoms with Crippen LogP contribution in [0.5, 0.6) is 0 Å². The first kappa shape index (κ1) is 17.6. The van der Waals surface area contributed by atoms with Gasteiger partial charge in [0.25, 0.3) is 5.91 Å². The van der Waals surface area contributed by atoms with Crippen molar-refractivity contribution in [1.29, 1.82) is 0 Å². The Bertz CT molecular complexity index is 466. The van der Waals surface area contributed by atoms with Crippen LogP contribution in [-0.4, -0.2) is 85.7 Å². The van der Waals surface area contributed by atoms with Crippen LogP contribution in [-0.2, 0) is 14.3 Å². The maximum absolute atomic E-state index is 12.9. The monoisotopic (exact) mass is 338 g/mol. The minimum absolute atomic E-state index is 0.112. The van der Waals surface area contributed by atoms with Gasteiger partial charge in [-0.3, -0.25) is 14.5 Å². The molecule has 1 atom stereocenters. The summed E-state index contributed by atoms with van der Waals surface area (Å²) in [6, 6.07) is 0.266. The lowest BCUT2D eigenvalue weighted by Gasteiger charge is -2.43. The van der Waals surface area contributed by atoms with Crippen LogP contribution in [0.15, 0.2) is 0 Å². The van der Waals surface area contributed by atoms with E-state index >= 15 is 0 Å². The van der Waals surface area contributed by atoms with Gasteiger partial charge in [-0.05, 0) is 45.7 Å². The molecule has 2 N–H and O–H groups in total. The SMILES string of the molecule is COC1(C(=O)N2CCN(C(C)C(=O)NC3CC3)CC2)CCNCC1. The second kappa shape index (κ2) is 7.37. The van der Waals surface area contributed by atoms with E-state index in [4.69, 9.17) is 4.74 Å².